The molecule has 1 aromatic heterocycles. The van der Waals surface area contributed by atoms with Crippen molar-refractivity contribution in [2.75, 3.05) is 37.7 Å². The number of amidine groups is 1. The number of hydrogen-bond acceptors (Lipinski definition) is 7. The molecule has 5 rings (SSSR count). The summed E-state index contributed by atoms with van der Waals surface area (Å²) in [6, 6.07) is 9.01. The van der Waals surface area contributed by atoms with E-state index >= 15 is 0 Å². The van der Waals surface area contributed by atoms with Crippen molar-refractivity contribution in [2.24, 2.45) is 16.0 Å². The van der Waals surface area contributed by atoms with E-state index in [1.807, 2.05) is 11.0 Å². The molecule has 3 aliphatic rings. The van der Waals surface area contributed by atoms with Crippen LogP contribution in [0.5, 0.6) is 5.75 Å². The number of sulfonamides is 1. The zero-order valence-electron chi connectivity index (χ0n) is 19.0. The third kappa shape index (κ3) is 4.72. The van der Waals surface area contributed by atoms with Gasteiger partial charge in [0, 0.05) is 43.9 Å². The topological polar surface area (TPSA) is 118 Å². The SMILES string of the molecule is NC1=NS(=O)(=O)Cc2cccc(OC[C@H]3CCCN(c4cc(C(=O)N5CCCC5)ccn4)C3)c21. The monoisotopic (exact) mass is 483 g/mol. The van der Waals surface area contributed by atoms with E-state index in [0.717, 1.165) is 57.7 Å². The molecule has 2 aromatic rings. The predicted octanol–water partition coefficient (Wildman–Crippen LogP) is 2.16. The lowest BCUT2D eigenvalue weighted by Gasteiger charge is -2.34. The summed E-state index contributed by atoms with van der Waals surface area (Å²) < 4.78 is 33.6. The summed E-state index contributed by atoms with van der Waals surface area (Å²) in [6.07, 6.45) is 5.85. The molecule has 1 amide bonds. The Morgan fingerprint density at radius 1 is 1.15 bits per heavy atom. The molecule has 0 saturated carbocycles. The summed E-state index contributed by atoms with van der Waals surface area (Å²) in [5.74, 6) is 1.51. The highest BCUT2D eigenvalue weighted by Gasteiger charge is 2.27. The van der Waals surface area contributed by atoms with Crippen molar-refractivity contribution >= 4 is 27.6 Å². The molecule has 180 valence electrons. The molecule has 0 unspecified atom stereocenters. The van der Waals surface area contributed by atoms with Gasteiger partial charge in [-0.25, -0.2) is 13.4 Å². The Bertz CT molecular complexity index is 1220. The first-order valence-electron chi connectivity index (χ1n) is 11.7. The Kier molecular flexibility index (Phi) is 6.16. The van der Waals surface area contributed by atoms with Crippen molar-refractivity contribution < 1.29 is 17.9 Å². The summed E-state index contributed by atoms with van der Waals surface area (Å²) in [6.45, 7) is 3.76. The number of aromatic nitrogens is 1. The van der Waals surface area contributed by atoms with Gasteiger partial charge in [-0.15, -0.1) is 4.40 Å². The molecule has 4 heterocycles. The number of likely N-dealkylation sites (tertiary alicyclic amines) is 1. The zero-order valence-corrected chi connectivity index (χ0v) is 19.8. The molecule has 0 aliphatic carbocycles. The van der Waals surface area contributed by atoms with Gasteiger partial charge >= 0.3 is 0 Å². The van der Waals surface area contributed by atoms with Crippen LogP contribution in [-0.4, -0.2) is 62.8 Å². The molecule has 1 atom stereocenters. The fourth-order valence-corrected chi connectivity index (χ4v) is 6.07. The number of carbonyl (C=O) groups excluding carboxylic acids is 1. The lowest BCUT2D eigenvalue weighted by molar-refractivity contribution is 0.0792. The van der Waals surface area contributed by atoms with Crippen molar-refractivity contribution in [3.63, 3.8) is 0 Å². The van der Waals surface area contributed by atoms with Crippen LogP contribution in [0.3, 0.4) is 0 Å². The molecule has 0 radical (unpaired) electrons. The van der Waals surface area contributed by atoms with Gasteiger partial charge in [-0.05, 0) is 49.4 Å². The van der Waals surface area contributed by atoms with Crippen LogP contribution in [0.25, 0.3) is 0 Å². The van der Waals surface area contributed by atoms with Crippen molar-refractivity contribution in [1.29, 1.82) is 0 Å². The van der Waals surface area contributed by atoms with Crippen molar-refractivity contribution in [3.05, 3.63) is 53.2 Å². The molecule has 2 fully saturated rings. The van der Waals surface area contributed by atoms with Gasteiger partial charge in [-0.3, -0.25) is 4.79 Å². The Morgan fingerprint density at radius 2 is 1.97 bits per heavy atom. The zero-order chi connectivity index (χ0) is 23.7. The second-order valence-electron chi connectivity index (χ2n) is 9.16. The molecule has 0 bridgehead atoms. The number of rotatable bonds is 5. The molecular weight excluding hydrogens is 454 g/mol. The highest BCUT2D eigenvalue weighted by molar-refractivity contribution is 7.89. The fraction of sp³-hybridized carbons (Fsp3) is 0.458. The third-order valence-electron chi connectivity index (χ3n) is 6.65. The molecule has 1 aromatic carbocycles. The number of hydrogen-bond donors (Lipinski definition) is 1. The first-order chi connectivity index (χ1) is 16.4. The van der Waals surface area contributed by atoms with Gasteiger partial charge in [-0.2, -0.15) is 0 Å². The van der Waals surface area contributed by atoms with Crippen LogP contribution >= 0.6 is 0 Å². The Morgan fingerprint density at radius 3 is 2.79 bits per heavy atom. The Balaban J connectivity index is 1.26. The summed E-state index contributed by atoms with van der Waals surface area (Å²) in [5.41, 5.74) is 7.82. The second kappa shape index (κ2) is 9.25. The van der Waals surface area contributed by atoms with Gasteiger partial charge in [-0.1, -0.05) is 12.1 Å². The smallest absolute Gasteiger partial charge is 0.259 e. The van der Waals surface area contributed by atoms with E-state index in [1.165, 1.54) is 0 Å². The fourth-order valence-electron chi connectivity index (χ4n) is 4.98. The number of ether oxygens (including phenoxy) is 1. The number of nitrogens with zero attached hydrogens (tertiary/aromatic N) is 4. The number of piperidine rings is 1. The van der Waals surface area contributed by atoms with Gasteiger partial charge in [0.05, 0.1) is 17.9 Å². The standard InChI is InChI=1S/C24H29N5O4S/c25-23-22-19(16-34(31,32)27-23)6-3-7-20(22)33-15-17-5-4-12-29(14-17)21-13-18(8-9-26-21)24(30)28-10-1-2-11-28/h3,6-9,13,17H,1-2,4-5,10-12,14-16H2,(H2,25,27)/t17-/m0/s1. The minimum atomic E-state index is -3.58. The largest absolute Gasteiger partial charge is 0.492 e. The van der Waals surface area contributed by atoms with Crippen LogP contribution < -0.4 is 15.4 Å². The number of nitrogens with two attached hydrogens (primary N) is 1. The predicted molar refractivity (Wildman–Crippen MR) is 130 cm³/mol. The van der Waals surface area contributed by atoms with E-state index in [2.05, 4.69) is 14.3 Å². The average molecular weight is 484 g/mol. The molecule has 9 nitrogen and oxygen atoms in total. The highest BCUT2D eigenvalue weighted by Crippen LogP contribution is 2.30. The number of benzene rings is 1. The summed E-state index contributed by atoms with van der Waals surface area (Å²) in [5, 5.41) is 0. The average Bonchev–Trinajstić information content (AvgIpc) is 3.36. The molecule has 2 saturated heterocycles. The van der Waals surface area contributed by atoms with Gasteiger partial charge in [0.1, 0.15) is 17.4 Å². The summed E-state index contributed by atoms with van der Waals surface area (Å²) >= 11 is 0. The number of amides is 1. The van der Waals surface area contributed by atoms with E-state index in [0.29, 0.717) is 29.0 Å². The van der Waals surface area contributed by atoms with Gasteiger partial charge in [0.25, 0.3) is 15.9 Å². The van der Waals surface area contributed by atoms with Crippen molar-refractivity contribution in [1.82, 2.24) is 9.88 Å². The van der Waals surface area contributed by atoms with Gasteiger partial charge < -0.3 is 20.3 Å². The minimum absolute atomic E-state index is 0.0224. The van der Waals surface area contributed by atoms with Gasteiger partial charge in [0.15, 0.2) is 0 Å². The molecule has 10 heteroatoms. The quantitative estimate of drug-likeness (QED) is 0.692. The Hall–Kier alpha value is -3.14. The van der Waals surface area contributed by atoms with E-state index in [1.54, 1.807) is 30.5 Å². The Labute approximate surface area is 199 Å². The second-order valence-corrected chi connectivity index (χ2v) is 10.8. The van der Waals surface area contributed by atoms with E-state index < -0.39 is 10.0 Å². The number of fused-ring (bicyclic) bond motifs is 1. The third-order valence-corrected chi connectivity index (χ3v) is 7.80. The summed E-state index contributed by atoms with van der Waals surface area (Å²) in [4.78, 5) is 21.4. The van der Waals surface area contributed by atoms with Crippen LogP contribution in [-0.2, 0) is 15.8 Å². The molecule has 2 N–H and O–H groups in total. The van der Waals surface area contributed by atoms with Crippen molar-refractivity contribution in [3.8, 4) is 5.75 Å². The molecule has 3 aliphatic heterocycles. The number of carbonyl (C=O) groups is 1. The minimum Gasteiger partial charge on any atom is -0.492 e. The van der Waals surface area contributed by atoms with Crippen molar-refractivity contribution in [2.45, 2.75) is 31.4 Å². The van der Waals surface area contributed by atoms with E-state index in [-0.39, 0.29) is 23.4 Å². The molecule has 0 spiro atoms. The summed E-state index contributed by atoms with van der Waals surface area (Å²) in [7, 11) is -3.58. The van der Waals surface area contributed by atoms with E-state index in [4.69, 9.17) is 10.5 Å². The lowest BCUT2D eigenvalue weighted by atomic mass is 9.98. The first kappa shape index (κ1) is 22.6. The molecule has 34 heavy (non-hydrogen) atoms. The maximum absolute atomic E-state index is 12.8. The normalized spacial score (nSPS) is 21.6. The maximum Gasteiger partial charge on any atom is 0.259 e. The van der Waals surface area contributed by atoms with Gasteiger partial charge in [0.2, 0.25) is 0 Å². The molecular formula is C24H29N5O4S. The van der Waals surface area contributed by atoms with Crippen LogP contribution in [0.2, 0.25) is 0 Å². The van der Waals surface area contributed by atoms with Crippen LogP contribution in [0.1, 0.15) is 47.2 Å². The highest BCUT2D eigenvalue weighted by atomic mass is 32.2. The van der Waals surface area contributed by atoms with E-state index in [9.17, 15) is 13.2 Å². The number of pyridine rings is 1. The van der Waals surface area contributed by atoms with Crippen LogP contribution in [0.15, 0.2) is 40.9 Å². The lowest BCUT2D eigenvalue weighted by Crippen LogP contribution is -2.38. The maximum atomic E-state index is 12.8. The van der Waals surface area contributed by atoms with Crippen LogP contribution in [0.4, 0.5) is 5.82 Å². The van der Waals surface area contributed by atoms with Crippen LogP contribution in [0, 0.1) is 5.92 Å². The first-order valence-corrected chi connectivity index (χ1v) is 13.3. The number of anilines is 1.